The summed E-state index contributed by atoms with van der Waals surface area (Å²) in [6.45, 7) is 0. The Kier molecular flexibility index (Phi) is 4.56. The van der Waals surface area contributed by atoms with E-state index in [0.29, 0.717) is 5.02 Å². The smallest absolute Gasteiger partial charge is 0.142 e. The molecule has 92 valence electrons. The van der Waals surface area contributed by atoms with Crippen molar-refractivity contribution in [3.8, 4) is 0 Å². The summed E-state index contributed by atoms with van der Waals surface area (Å²) in [5.74, 6) is 0. The van der Waals surface area contributed by atoms with Crippen LogP contribution in [0.3, 0.4) is 0 Å². The fourth-order valence-corrected chi connectivity index (χ4v) is 2.21. The molecule has 2 aromatic rings. The number of benzene rings is 2. The van der Waals surface area contributed by atoms with Crippen LogP contribution in [0.5, 0.6) is 0 Å². The van der Waals surface area contributed by atoms with Crippen LogP contribution in [-0.4, -0.2) is 4.21 Å². The van der Waals surface area contributed by atoms with Gasteiger partial charge in [-0.05, 0) is 35.9 Å². The first-order valence-electron chi connectivity index (χ1n) is 5.40. The van der Waals surface area contributed by atoms with Gasteiger partial charge in [0.25, 0.3) is 0 Å². The molecule has 0 heterocycles. The molecule has 1 N–H and O–H groups in total. The van der Waals surface area contributed by atoms with E-state index >= 15 is 0 Å². The van der Waals surface area contributed by atoms with Crippen LogP contribution in [-0.2, 0) is 11.0 Å². The first-order chi connectivity index (χ1) is 8.74. The third-order valence-corrected chi connectivity index (χ3v) is 3.32. The lowest BCUT2D eigenvalue weighted by Gasteiger charge is -2.01. The zero-order valence-electron chi connectivity index (χ0n) is 9.55. The molecule has 2 rings (SSSR count). The molecule has 0 aliphatic heterocycles. The van der Waals surface area contributed by atoms with Crippen LogP contribution >= 0.6 is 11.6 Å². The molecule has 0 fully saturated rings. The SMILES string of the molecule is O=S(C=Cc1ccc(Cl)cc1)Nc1ccccc1. The third-order valence-electron chi connectivity index (χ3n) is 2.25. The van der Waals surface area contributed by atoms with E-state index in [-0.39, 0.29) is 0 Å². The van der Waals surface area contributed by atoms with Crippen LogP contribution in [0.2, 0.25) is 5.02 Å². The molecule has 0 spiro atoms. The Hall–Kier alpha value is -1.58. The van der Waals surface area contributed by atoms with Gasteiger partial charge in [0.05, 0.1) is 0 Å². The van der Waals surface area contributed by atoms with Crippen LogP contribution in [0.1, 0.15) is 5.56 Å². The number of hydrogen-bond acceptors (Lipinski definition) is 1. The van der Waals surface area contributed by atoms with Gasteiger partial charge in [0.1, 0.15) is 11.0 Å². The number of hydrogen-bond donors (Lipinski definition) is 1. The molecule has 0 aromatic heterocycles. The maximum Gasteiger partial charge on any atom is 0.142 e. The molecule has 0 radical (unpaired) electrons. The molecular weight excluding hydrogens is 266 g/mol. The summed E-state index contributed by atoms with van der Waals surface area (Å²) in [5.41, 5.74) is 1.79. The fourth-order valence-electron chi connectivity index (χ4n) is 1.37. The standard InChI is InChI=1S/C14H12ClNOS/c15-13-8-6-12(7-9-13)10-11-18(17)16-14-4-2-1-3-5-14/h1-11,16H. The summed E-state index contributed by atoms with van der Waals surface area (Å²) in [6.07, 6.45) is 1.79. The van der Waals surface area contributed by atoms with Gasteiger partial charge < -0.3 is 4.72 Å². The van der Waals surface area contributed by atoms with E-state index in [1.807, 2.05) is 42.5 Å². The Bertz CT molecular complexity index is 552. The lowest BCUT2D eigenvalue weighted by Crippen LogP contribution is -1.99. The van der Waals surface area contributed by atoms with E-state index in [4.69, 9.17) is 11.6 Å². The minimum absolute atomic E-state index is 0.690. The largest absolute Gasteiger partial charge is 0.302 e. The third kappa shape index (κ3) is 4.02. The first kappa shape index (κ1) is 12.9. The number of halogens is 1. The second-order valence-electron chi connectivity index (χ2n) is 3.62. The Labute approximate surface area is 114 Å². The van der Waals surface area contributed by atoms with E-state index in [9.17, 15) is 4.21 Å². The van der Waals surface area contributed by atoms with Crippen molar-refractivity contribution in [1.82, 2.24) is 0 Å². The molecular formula is C14H12ClNOS. The molecule has 0 aliphatic carbocycles. The second kappa shape index (κ2) is 6.38. The summed E-state index contributed by atoms with van der Waals surface area (Å²) in [6, 6.07) is 16.8. The lowest BCUT2D eigenvalue weighted by atomic mass is 10.2. The Morgan fingerprint density at radius 3 is 2.33 bits per heavy atom. The summed E-state index contributed by atoms with van der Waals surface area (Å²) in [5, 5.41) is 2.30. The molecule has 4 heteroatoms. The zero-order chi connectivity index (χ0) is 12.8. The highest BCUT2D eigenvalue weighted by atomic mass is 35.5. The van der Waals surface area contributed by atoms with Gasteiger partial charge in [-0.15, -0.1) is 0 Å². The van der Waals surface area contributed by atoms with Crippen molar-refractivity contribution < 1.29 is 4.21 Å². The van der Waals surface area contributed by atoms with Gasteiger partial charge in [0, 0.05) is 16.1 Å². The second-order valence-corrected chi connectivity index (χ2v) is 5.13. The fraction of sp³-hybridized carbons (Fsp3) is 0. The average Bonchev–Trinajstić information content (AvgIpc) is 2.39. The van der Waals surface area contributed by atoms with Crippen molar-refractivity contribution in [2.24, 2.45) is 0 Å². The van der Waals surface area contributed by atoms with E-state index < -0.39 is 11.0 Å². The molecule has 18 heavy (non-hydrogen) atoms. The van der Waals surface area contributed by atoms with Gasteiger partial charge in [0.2, 0.25) is 0 Å². The van der Waals surface area contributed by atoms with E-state index in [1.54, 1.807) is 23.6 Å². The molecule has 1 atom stereocenters. The molecule has 2 aromatic carbocycles. The van der Waals surface area contributed by atoms with Gasteiger partial charge in [-0.25, -0.2) is 4.21 Å². The van der Waals surface area contributed by atoms with Crippen molar-refractivity contribution in [3.63, 3.8) is 0 Å². The molecule has 0 bridgehead atoms. The van der Waals surface area contributed by atoms with Gasteiger partial charge in [0.15, 0.2) is 0 Å². The van der Waals surface area contributed by atoms with E-state index in [2.05, 4.69) is 4.72 Å². The van der Waals surface area contributed by atoms with Crippen molar-refractivity contribution in [1.29, 1.82) is 0 Å². The maximum absolute atomic E-state index is 11.7. The van der Waals surface area contributed by atoms with Crippen LogP contribution in [0.25, 0.3) is 6.08 Å². The molecule has 0 saturated carbocycles. The Balaban J connectivity index is 1.97. The molecule has 1 unspecified atom stereocenters. The van der Waals surface area contributed by atoms with Crippen molar-refractivity contribution in [2.75, 3.05) is 4.72 Å². The summed E-state index contributed by atoms with van der Waals surface area (Å²) in [7, 11) is -1.24. The maximum atomic E-state index is 11.7. The zero-order valence-corrected chi connectivity index (χ0v) is 11.1. The topological polar surface area (TPSA) is 29.1 Å². The Morgan fingerprint density at radius 2 is 1.67 bits per heavy atom. The van der Waals surface area contributed by atoms with Gasteiger partial charge in [-0.1, -0.05) is 41.9 Å². The number of para-hydroxylation sites is 1. The average molecular weight is 278 g/mol. The van der Waals surface area contributed by atoms with Gasteiger partial charge >= 0.3 is 0 Å². The van der Waals surface area contributed by atoms with Crippen LogP contribution in [0, 0.1) is 0 Å². The summed E-state index contributed by atoms with van der Waals surface area (Å²) >= 11 is 5.79. The molecule has 0 amide bonds. The summed E-state index contributed by atoms with van der Waals surface area (Å²) in [4.78, 5) is 0. The molecule has 0 aliphatic rings. The molecule has 2 nitrogen and oxygen atoms in total. The highest BCUT2D eigenvalue weighted by Crippen LogP contribution is 2.11. The minimum Gasteiger partial charge on any atom is -0.302 e. The number of anilines is 1. The predicted octanol–water partition coefficient (Wildman–Crippen LogP) is 4.09. The van der Waals surface area contributed by atoms with Crippen LogP contribution in [0.4, 0.5) is 5.69 Å². The summed E-state index contributed by atoms with van der Waals surface area (Å²) < 4.78 is 14.6. The van der Waals surface area contributed by atoms with Crippen LogP contribution in [0.15, 0.2) is 60.0 Å². The van der Waals surface area contributed by atoms with Gasteiger partial charge in [-0.3, -0.25) is 0 Å². The van der Waals surface area contributed by atoms with Crippen molar-refractivity contribution >= 4 is 34.3 Å². The lowest BCUT2D eigenvalue weighted by molar-refractivity contribution is 0.691. The highest BCUT2D eigenvalue weighted by Gasteiger charge is 1.94. The predicted molar refractivity (Wildman–Crippen MR) is 78.7 cm³/mol. The van der Waals surface area contributed by atoms with E-state index in [0.717, 1.165) is 11.3 Å². The van der Waals surface area contributed by atoms with Gasteiger partial charge in [-0.2, -0.15) is 0 Å². The minimum atomic E-state index is -1.24. The van der Waals surface area contributed by atoms with E-state index in [1.165, 1.54) is 0 Å². The first-order valence-corrected chi connectivity index (χ1v) is 6.99. The monoisotopic (exact) mass is 277 g/mol. The normalized spacial score (nSPS) is 12.5. The van der Waals surface area contributed by atoms with Crippen molar-refractivity contribution in [3.05, 3.63) is 70.6 Å². The van der Waals surface area contributed by atoms with Crippen LogP contribution < -0.4 is 4.72 Å². The molecule has 0 saturated heterocycles. The quantitative estimate of drug-likeness (QED) is 0.896. The van der Waals surface area contributed by atoms with Crippen molar-refractivity contribution in [2.45, 2.75) is 0 Å². The number of rotatable bonds is 4. The number of nitrogens with one attached hydrogen (secondary N) is 1. The highest BCUT2D eigenvalue weighted by molar-refractivity contribution is 7.89. The Morgan fingerprint density at radius 1 is 1.00 bits per heavy atom.